The Hall–Kier alpha value is -3.05. The van der Waals surface area contributed by atoms with Gasteiger partial charge in [0.25, 0.3) is 5.91 Å². The lowest BCUT2D eigenvalue weighted by Gasteiger charge is -2.15. The highest BCUT2D eigenvalue weighted by Crippen LogP contribution is 2.25. The molecule has 0 fully saturated rings. The lowest BCUT2D eigenvalue weighted by molar-refractivity contribution is -0.115. The van der Waals surface area contributed by atoms with Gasteiger partial charge in [-0.05, 0) is 43.7 Å². The Kier molecular flexibility index (Phi) is 7.09. The van der Waals surface area contributed by atoms with E-state index in [1.165, 1.54) is 17.3 Å². The van der Waals surface area contributed by atoms with Crippen molar-refractivity contribution in [1.29, 1.82) is 0 Å². The summed E-state index contributed by atoms with van der Waals surface area (Å²) in [7, 11) is 0. The molecule has 3 aromatic carbocycles. The van der Waals surface area contributed by atoms with Crippen LogP contribution in [0.5, 0.6) is 0 Å². The Balaban J connectivity index is 1.63. The number of nitrogens with one attached hydrogen (secondary N) is 2. The fourth-order valence-corrected chi connectivity index (χ4v) is 3.64. The molecule has 3 aromatic rings. The van der Waals surface area contributed by atoms with Gasteiger partial charge in [-0.1, -0.05) is 60.2 Å². The van der Waals surface area contributed by atoms with Crippen molar-refractivity contribution in [2.75, 3.05) is 5.32 Å². The van der Waals surface area contributed by atoms with Crippen LogP contribution in [0.25, 0.3) is 0 Å². The van der Waals surface area contributed by atoms with Gasteiger partial charge in [-0.15, -0.1) is 11.8 Å². The van der Waals surface area contributed by atoms with Gasteiger partial charge in [-0.2, -0.15) is 0 Å². The number of para-hydroxylation sites is 1. The second-order valence-corrected chi connectivity index (χ2v) is 8.19. The predicted molar refractivity (Wildman–Crippen MR) is 119 cm³/mol. The zero-order valence-corrected chi connectivity index (χ0v) is 17.3. The number of amides is 2. The van der Waals surface area contributed by atoms with Gasteiger partial charge >= 0.3 is 0 Å². The molecule has 5 heteroatoms. The summed E-state index contributed by atoms with van der Waals surface area (Å²) in [5, 5.41) is 5.51. The predicted octanol–water partition coefficient (Wildman–Crippen LogP) is 5.04. The molecule has 0 aliphatic carbocycles. The zero-order chi connectivity index (χ0) is 20.6. The minimum Gasteiger partial charge on any atom is -0.348 e. The first kappa shape index (κ1) is 20.7. The number of benzene rings is 3. The van der Waals surface area contributed by atoms with Gasteiger partial charge in [0.15, 0.2) is 0 Å². The van der Waals surface area contributed by atoms with E-state index in [0.717, 1.165) is 10.5 Å². The van der Waals surface area contributed by atoms with E-state index in [9.17, 15) is 9.59 Å². The van der Waals surface area contributed by atoms with Crippen molar-refractivity contribution >= 4 is 29.3 Å². The van der Waals surface area contributed by atoms with Crippen LogP contribution in [-0.4, -0.2) is 17.1 Å². The van der Waals surface area contributed by atoms with Crippen molar-refractivity contribution in [2.45, 2.75) is 30.5 Å². The normalized spacial score (nSPS) is 11.5. The molecule has 2 amide bonds. The topological polar surface area (TPSA) is 58.2 Å². The third kappa shape index (κ3) is 5.96. The summed E-state index contributed by atoms with van der Waals surface area (Å²) in [6.07, 6.45) is 0. The van der Waals surface area contributed by atoms with Gasteiger partial charge in [0.1, 0.15) is 0 Å². The van der Waals surface area contributed by atoms with Crippen LogP contribution in [0.3, 0.4) is 0 Å². The molecule has 0 radical (unpaired) electrons. The van der Waals surface area contributed by atoms with E-state index in [0.29, 0.717) is 17.8 Å². The van der Waals surface area contributed by atoms with E-state index in [2.05, 4.69) is 10.6 Å². The van der Waals surface area contributed by atoms with Gasteiger partial charge in [0, 0.05) is 11.4 Å². The summed E-state index contributed by atoms with van der Waals surface area (Å²) in [6.45, 7) is 4.32. The van der Waals surface area contributed by atoms with Gasteiger partial charge in [-0.25, -0.2) is 0 Å². The van der Waals surface area contributed by atoms with Crippen molar-refractivity contribution < 1.29 is 9.59 Å². The van der Waals surface area contributed by atoms with E-state index < -0.39 is 0 Å². The number of carbonyl (C=O) groups excluding carboxylic acids is 2. The number of aryl methyl sites for hydroxylation is 1. The summed E-state index contributed by atoms with van der Waals surface area (Å²) in [5.41, 5.74) is 3.16. The number of hydrogen-bond acceptors (Lipinski definition) is 3. The molecule has 0 aromatic heterocycles. The Morgan fingerprint density at radius 1 is 0.897 bits per heavy atom. The number of hydrogen-bond donors (Lipinski definition) is 2. The molecule has 0 spiro atoms. The van der Waals surface area contributed by atoms with Gasteiger partial charge in [0.2, 0.25) is 5.91 Å². The third-order valence-corrected chi connectivity index (χ3v) is 5.54. The molecule has 0 bridgehead atoms. The monoisotopic (exact) mass is 404 g/mol. The van der Waals surface area contributed by atoms with Crippen LogP contribution >= 0.6 is 11.8 Å². The van der Waals surface area contributed by atoms with E-state index in [1.807, 2.05) is 68.4 Å². The highest BCUT2D eigenvalue weighted by molar-refractivity contribution is 8.00. The van der Waals surface area contributed by atoms with Crippen LogP contribution in [0.2, 0.25) is 0 Å². The van der Waals surface area contributed by atoms with E-state index in [4.69, 9.17) is 0 Å². The van der Waals surface area contributed by atoms with Crippen LogP contribution in [0.4, 0.5) is 5.69 Å². The van der Waals surface area contributed by atoms with E-state index in [-0.39, 0.29) is 17.1 Å². The van der Waals surface area contributed by atoms with Gasteiger partial charge in [-0.3, -0.25) is 9.59 Å². The van der Waals surface area contributed by atoms with Crippen LogP contribution in [0, 0.1) is 6.92 Å². The summed E-state index contributed by atoms with van der Waals surface area (Å²) in [5.74, 6) is -0.359. The molecular weight excluding hydrogens is 380 g/mol. The first-order chi connectivity index (χ1) is 14.0. The first-order valence-corrected chi connectivity index (χ1v) is 10.4. The maximum atomic E-state index is 12.7. The van der Waals surface area contributed by atoms with Crippen molar-refractivity contribution in [1.82, 2.24) is 5.32 Å². The largest absolute Gasteiger partial charge is 0.348 e. The molecule has 1 atom stereocenters. The van der Waals surface area contributed by atoms with Gasteiger partial charge < -0.3 is 10.6 Å². The fraction of sp³-hybridized carbons (Fsp3) is 0.167. The van der Waals surface area contributed by atoms with Crippen molar-refractivity contribution in [2.24, 2.45) is 0 Å². The second kappa shape index (κ2) is 9.94. The molecular formula is C24H24N2O2S. The maximum absolute atomic E-state index is 12.7. The third-order valence-electron chi connectivity index (χ3n) is 4.43. The molecule has 0 saturated heterocycles. The molecule has 0 unspecified atom stereocenters. The van der Waals surface area contributed by atoms with Gasteiger partial charge in [0.05, 0.1) is 16.5 Å². The first-order valence-electron chi connectivity index (χ1n) is 9.48. The Bertz CT molecular complexity index is 972. The van der Waals surface area contributed by atoms with Crippen LogP contribution in [-0.2, 0) is 11.3 Å². The molecule has 2 N–H and O–H groups in total. The summed E-state index contributed by atoms with van der Waals surface area (Å²) in [6, 6.07) is 24.8. The number of carbonyl (C=O) groups is 2. The average Bonchev–Trinajstić information content (AvgIpc) is 2.74. The number of anilines is 1. The molecule has 0 heterocycles. The van der Waals surface area contributed by atoms with Crippen molar-refractivity contribution in [3.8, 4) is 0 Å². The molecule has 0 aliphatic heterocycles. The highest BCUT2D eigenvalue weighted by atomic mass is 32.2. The van der Waals surface area contributed by atoms with Crippen LogP contribution < -0.4 is 10.6 Å². The molecule has 3 rings (SSSR count). The number of rotatable bonds is 7. The zero-order valence-electron chi connectivity index (χ0n) is 16.5. The standard InChI is InChI=1S/C24H24N2O2S/c1-17-12-14-20(15-13-17)29-18(2)23(27)26-22-11-7-6-10-21(22)24(28)25-16-19-8-4-3-5-9-19/h3-15,18H,16H2,1-2H3,(H,25,28)(H,26,27)/t18-/m0/s1. The highest BCUT2D eigenvalue weighted by Gasteiger charge is 2.18. The Labute approximate surface area is 175 Å². The Morgan fingerprint density at radius 3 is 2.28 bits per heavy atom. The minimum atomic E-state index is -0.293. The number of thioether (sulfide) groups is 1. The summed E-state index contributed by atoms with van der Waals surface area (Å²) in [4.78, 5) is 26.4. The quantitative estimate of drug-likeness (QED) is 0.542. The summed E-state index contributed by atoms with van der Waals surface area (Å²) < 4.78 is 0. The molecule has 29 heavy (non-hydrogen) atoms. The maximum Gasteiger partial charge on any atom is 0.253 e. The SMILES string of the molecule is Cc1ccc(S[C@@H](C)C(=O)Nc2ccccc2C(=O)NCc2ccccc2)cc1. The Morgan fingerprint density at radius 2 is 1.55 bits per heavy atom. The fourth-order valence-electron chi connectivity index (χ4n) is 2.77. The smallest absolute Gasteiger partial charge is 0.253 e. The van der Waals surface area contributed by atoms with Crippen molar-refractivity contribution in [3.05, 3.63) is 95.6 Å². The minimum absolute atomic E-state index is 0.140. The molecule has 0 saturated carbocycles. The average molecular weight is 405 g/mol. The van der Waals surface area contributed by atoms with E-state index in [1.54, 1.807) is 24.3 Å². The summed E-state index contributed by atoms with van der Waals surface area (Å²) >= 11 is 1.49. The van der Waals surface area contributed by atoms with Crippen LogP contribution in [0.1, 0.15) is 28.4 Å². The van der Waals surface area contributed by atoms with Crippen molar-refractivity contribution in [3.63, 3.8) is 0 Å². The molecule has 4 nitrogen and oxygen atoms in total. The second-order valence-electron chi connectivity index (χ2n) is 6.78. The lowest BCUT2D eigenvalue weighted by Crippen LogP contribution is -2.27. The lowest BCUT2D eigenvalue weighted by atomic mass is 10.1. The molecule has 148 valence electrons. The molecule has 0 aliphatic rings. The van der Waals surface area contributed by atoms with Crippen LogP contribution in [0.15, 0.2) is 83.8 Å². The van der Waals surface area contributed by atoms with E-state index >= 15 is 0 Å².